The number of aliphatic hydroxyl groups is 1. The summed E-state index contributed by atoms with van der Waals surface area (Å²) in [6.45, 7) is -1.94. The number of aryl methyl sites for hydroxylation is 2. The first-order chi connectivity index (χ1) is 46.1. The van der Waals surface area contributed by atoms with Crippen molar-refractivity contribution in [2.45, 2.75) is 126 Å². The maximum atomic E-state index is 14.4. The second-order valence-electron chi connectivity index (χ2n) is 22.4. The van der Waals surface area contributed by atoms with E-state index in [0.717, 1.165) is 9.13 Å². The SMILES string of the molecule is C=C1N=C(N)C(C)=CN1[C@@H]1O[C@H](COP(O)(=S)OC2[C@@H](COP(O)(=S)OC3[C@@H](COP(=O)(O)OC4[C@@H](C)O[C@@H](n5cnc6c(N)ncnc65)[C@H]4OCCOC)O[C@@H](n4cc(C)c(N)nc4=O)[C@H]3OCCOC)O[C@@H](n3cc(C)c(=O)[nH]c3=O)[C@H]2OCCOC)C(O)[C@@H]1OCCOC. The summed E-state index contributed by atoms with van der Waals surface area (Å²) in [5, 5.41) is 11.7. The van der Waals surface area contributed by atoms with E-state index in [4.69, 9.17) is 125 Å². The second-order valence-corrected chi connectivity index (χ2v) is 29.4. The molecule has 4 fully saturated rings. The Labute approximate surface area is 563 Å². The van der Waals surface area contributed by atoms with Gasteiger partial charge in [-0.1, -0.05) is 6.58 Å². The predicted molar refractivity (Wildman–Crippen MR) is 344 cm³/mol. The third-order valence-corrected chi connectivity index (χ3v) is 19.9. The van der Waals surface area contributed by atoms with E-state index in [9.17, 15) is 38.7 Å². The number of fused-ring (bicyclic) bond motifs is 1. The summed E-state index contributed by atoms with van der Waals surface area (Å²) >= 11 is 11.3. The molecule has 4 aromatic heterocycles. The first-order valence-corrected chi connectivity index (χ1v) is 36.6. The van der Waals surface area contributed by atoms with E-state index in [0.29, 0.717) is 11.1 Å². The van der Waals surface area contributed by atoms with E-state index < -0.39 is 156 Å². The molecule has 0 bridgehead atoms. The van der Waals surface area contributed by atoms with Gasteiger partial charge in [0.15, 0.2) is 36.4 Å². The van der Waals surface area contributed by atoms with Gasteiger partial charge in [0.05, 0.1) is 85.1 Å². The molecule has 97 heavy (non-hydrogen) atoms. The normalized spacial score (nSPS) is 30.2. The highest BCUT2D eigenvalue weighted by Crippen LogP contribution is 2.55. The van der Waals surface area contributed by atoms with Crippen LogP contribution in [0.25, 0.3) is 11.2 Å². The van der Waals surface area contributed by atoms with Crippen molar-refractivity contribution in [1.29, 1.82) is 0 Å². The number of methoxy groups -OCH3 is 4. The van der Waals surface area contributed by atoms with Gasteiger partial charge < -0.3 is 108 Å². The van der Waals surface area contributed by atoms with E-state index >= 15 is 0 Å². The summed E-state index contributed by atoms with van der Waals surface area (Å²) in [5.41, 5.74) is 16.9. The number of aliphatic imine (C=N–C) groups is 1. The second kappa shape index (κ2) is 33.3. The van der Waals surface area contributed by atoms with Crippen LogP contribution in [0.4, 0.5) is 11.6 Å². The molecule has 540 valence electrons. The number of nitrogens with zero attached hydrogens (tertiary/aromatic N) is 9. The molecule has 5 aliphatic heterocycles. The number of hydrogen-bond acceptors (Lipinski definition) is 34. The molecule has 7 unspecified atom stereocenters. The Balaban J connectivity index is 0.994. The van der Waals surface area contributed by atoms with Crippen molar-refractivity contribution in [3.63, 3.8) is 0 Å². The molecule has 39 nitrogen and oxygen atoms in total. The largest absolute Gasteiger partial charge is 0.472 e. The fourth-order valence-corrected chi connectivity index (χ4v) is 14.8. The van der Waals surface area contributed by atoms with Crippen LogP contribution in [0.15, 0.2) is 68.6 Å². The maximum Gasteiger partial charge on any atom is 0.472 e. The number of rotatable bonds is 35. The number of anilines is 2. The fourth-order valence-electron chi connectivity index (χ4n) is 10.9. The molecule has 0 saturated carbocycles. The van der Waals surface area contributed by atoms with E-state index in [-0.39, 0.29) is 92.9 Å². The molecule has 0 spiro atoms. The van der Waals surface area contributed by atoms with Gasteiger partial charge in [-0.05, 0) is 51.3 Å². The van der Waals surface area contributed by atoms with Crippen LogP contribution >= 0.6 is 21.3 Å². The Bertz CT molecular complexity index is 3800. The summed E-state index contributed by atoms with van der Waals surface area (Å²) < 4.78 is 125. The van der Waals surface area contributed by atoms with Gasteiger partial charge in [-0.25, -0.2) is 34.1 Å². The number of nitrogens with two attached hydrogens (primary N) is 3. The molecular formula is C53H80N13O26P3S2. The average molecular weight is 1470 g/mol. The number of nitrogen functional groups attached to an aromatic ring is 2. The number of phosphoric ester groups is 1. The quantitative estimate of drug-likeness (QED) is 0.0205. The summed E-state index contributed by atoms with van der Waals surface area (Å²) in [6.07, 6.45) is -15.3. The van der Waals surface area contributed by atoms with Crippen molar-refractivity contribution in [3.8, 4) is 0 Å². The van der Waals surface area contributed by atoms with Gasteiger partial charge in [0.2, 0.25) is 0 Å². The number of H-pyrrole nitrogens is 1. The van der Waals surface area contributed by atoms with Gasteiger partial charge in [0, 0.05) is 63.7 Å². The third kappa shape index (κ3) is 18.2. The molecule has 4 aromatic rings. The zero-order chi connectivity index (χ0) is 70.3. The zero-order valence-corrected chi connectivity index (χ0v) is 58.1. The Morgan fingerprint density at radius 3 is 1.70 bits per heavy atom. The summed E-state index contributed by atoms with van der Waals surface area (Å²) in [5.74, 6) is 0.325. The van der Waals surface area contributed by atoms with Crippen LogP contribution in [0, 0.1) is 13.8 Å². The molecular weight excluding hydrogens is 1390 g/mol. The van der Waals surface area contributed by atoms with Crippen molar-refractivity contribution >= 4 is 73.5 Å². The number of aromatic amines is 1. The van der Waals surface area contributed by atoms with Crippen molar-refractivity contribution in [2.24, 2.45) is 10.7 Å². The van der Waals surface area contributed by atoms with E-state index in [1.54, 1.807) is 27.0 Å². The van der Waals surface area contributed by atoms with Crippen molar-refractivity contribution < 1.29 is 108 Å². The van der Waals surface area contributed by atoms with E-state index in [1.165, 1.54) is 69.9 Å². The van der Waals surface area contributed by atoms with Gasteiger partial charge in [-0.2, -0.15) is 4.98 Å². The molecule has 0 amide bonds. The summed E-state index contributed by atoms with van der Waals surface area (Å²) in [4.78, 5) is 101. The van der Waals surface area contributed by atoms with E-state index in [1.807, 2.05) is 0 Å². The average Bonchev–Trinajstić information content (AvgIpc) is 1.65. The topological polar surface area (TPSA) is 491 Å². The lowest BCUT2D eigenvalue weighted by Crippen LogP contribution is -2.44. The molecule has 44 heteroatoms. The zero-order valence-electron chi connectivity index (χ0n) is 53.8. The minimum absolute atomic E-state index is 0.0200. The molecule has 9 heterocycles. The van der Waals surface area contributed by atoms with Gasteiger partial charge >= 0.3 is 32.6 Å². The molecule has 11 N–H and O–H groups in total. The fraction of sp³-hybridized carbons (Fsp3) is 0.660. The van der Waals surface area contributed by atoms with Crippen LogP contribution in [0.2, 0.25) is 0 Å². The predicted octanol–water partition coefficient (Wildman–Crippen LogP) is -0.874. The minimum atomic E-state index is -5.29. The number of hydrogen-bond donors (Lipinski definition) is 8. The van der Waals surface area contributed by atoms with Crippen molar-refractivity contribution in [3.05, 3.63) is 91.7 Å². The van der Waals surface area contributed by atoms with Crippen LogP contribution < -0.4 is 34.1 Å². The molecule has 9 rings (SSSR count). The number of ether oxygens (including phenoxy) is 12. The molecule has 0 aliphatic carbocycles. The van der Waals surface area contributed by atoms with Crippen LogP contribution in [0.1, 0.15) is 43.7 Å². The van der Waals surface area contributed by atoms with Gasteiger partial charge in [0.1, 0.15) is 96.5 Å². The lowest BCUT2D eigenvalue weighted by molar-refractivity contribution is -0.0936. The number of imidazole rings is 1. The highest BCUT2D eigenvalue weighted by molar-refractivity contribution is 8.07. The highest BCUT2D eigenvalue weighted by atomic mass is 32.5. The first kappa shape index (κ1) is 76.3. The molecule has 19 atom stereocenters. The number of amidine groups is 1. The van der Waals surface area contributed by atoms with Crippen molar-refractivity contribution in [1.82, 2.24) is 43.5 Å². The van der Waals surface area contributed by atoms with Crippen LogP contribution in [-0.2, 0) is 112 Å². The Morgan fingerprint density at radius 2 is 1.12 bits per heavy atom. The molecule has 5 aliphatic rings. The molecule has 0 aromatic carbocycles. The monoisotopic (exact) mass is 1470 g/mol. The number of phosphoric acid groups is 1. The summed E-state index contributed by atoms with van der Waals surface area (Å²) in [6, 6.07) is 0. The van der Waals surface area contributed by atoms with Crippen molar-refractivity contribution in [2.75, 3.05) is 113 Å². The number of nitrogens with one attached hydrogen (secondary N) is 1. The van der Waals surface area contributed by atoms with Gasteiger partial charge in [-0.3, -0.25) is 41.6 Å². The Morgan fingerprint density at radius 1 is 0.619 bits per heavy atom. The first-order valence-electron chi connectivity index (χ1n) is 29.9. The number of aliphatic hydroxyl groups excluding tert-OH is 1. The lowest BCUT2D eigenvalue weighted by Gasteiger charge is -2.33. The molecule has 0 radical (unpaired) electrons. The minimum Gasteiger partial charge on any atom is -0.387 e. The Hall–Kier alpha value is -4.89. The molecule has 4 saturated heterocycles. The van der Waals surface area contributed by atoms with Gasteiger partial charge in [0.25, 0.3) is 5.56 Å². The smallest absolute Gasteiger partial charge is 0.387 e. The summed E-state index contributed by atoms with van der Waals surface area (Å²) in [7, 11) is 0.398. The maximum absolute atomic E-state index is 14.4. The lowest BCUT2D eigenvalue weighted by atomic mass is 10.1. The van der Waals surface area contributed by atoms with Gasteiger partial charge in [-0.15, -0.1) is 0 Å². The van der Waals surface area contributed by atoms with Crippen LogP contribution in [-0.4, -0.2) is 250 Å². The van der Waals surface area contributed by atoms with Crippen LogP contribution in [0.3, 0.4) is 0 Å². The Kier molecular flexibility index (Phi) is 26.2. The number of aromatic nitrogens is 8. The highest BCUT2D eigenvalue weighted by Gasteiger charge is 2.56. The third-order valence-electron chi connectivity index (χ3n) is 15.8. The van der Waals surface area contributed by atoms with Crippen LogP contribution in [0.5, 0.6) is 0 Å². The van der Waals surface area contributed by atoms with E-state index in [2.05, 4.69) is 36.5 Å². The standard InChI is InChI=1S/C53H80N13O26P3S2/c1-26-18-63(30(5)60-43(26)54)48-39(79-14-10-75-6)35(67)31(87-48)21-84-94(73,96)92-38-33(89-50(42(38)82-17-13-78-9)65-20-28(3)47(68)62-53(65)70)23-85-95(74,97)91-37-32(88-49(41(37)81-16-12-77-8)64-19-27(2)44(55)61-52(64)69)22-83-93(71,72)90-36-29(4)86-51(40(36)80-15-11-76-7)66-25-59-34-45(56)57-24-58-46(34)66/h18-20,24-25,29,31-33,35-42,48-51,67H,5,10-17,21-23H2,1-4,6-9H3,(H2,54,60)(H,71,72)(H,73,96)(H,74,97)(H2,55,61,69)(H2,56,57,58)(H,62,68,70)/t29-,31-,32-,33-,35?,36?,37?,38?,39+,40+,41+,42+,48-,49-,50-,51-,94?,95?/m1/s1.